The van der Waals surface area contributed by atoms with Crippen molar-refractivity contribution in [3.63, 3.8) is 0 Å². The zero-order valence-electron chi connectivity index (χ0n) is 15.4. The molecule has 0 aromatic heterocycles. The van der Waals surface area contributed by atoms with Crippen LogP contribution in [0.4, 0.5) is 4.79 Å². The Morgan fingerprint density at radius 1 is 1.11 bits per heavy atom. The molecule has 6 nitrogen and oxygen atoms in total. The van der Waals surface area contributed by atoms with Gasteiger partial charge in [0.05, 0.1) is 6.04 Å². The molecular formula is C21H25N3O3. The number of urea groups is 1. The number of carbonyl (C=O) groups excluding carboxylic acids is 3. The molecule has 1 aromatic carbocycles. The summed E-state index contributed by atoms with van der Waals surface area (Å²) in [5.41, 5.74) is 1.69. The van der Waals surface area contributed by atoms with E-state index in [1.54, 1.807) is 0 Å². The van der Waals surface area contributed by atoms with Crippen LogP contribution in [0.25, 0.3) is 0 Å². The van der Waals surface area contributed by atoms with Crippen molar-refractivity contribution in [3.05, 3.63) is 35.4 Å². The van der Waals surface area contributed by atoms with Gasteiger partial charge in [0.2, 0.25) is 5.91 Å². The van der Waals surface area contributed by atoms with Gasteiger partial charge < -0.3 is 10.6 Å². The number of imide groups is 1. The van der Waals surface area contributed by atoms with E-state index in [2.05, 4.69) is 22.8 Å². The minimum Gasteiger partial charge on any atom is -0.348 e. The first-order chi connectivity index (χ1) is 13.1. The molecule has 4 aliphatic rings. The number of nitrogens with one attached hydrogen (secondary N) is 2. The van der Waals surface area contributed by atoms with E-state index in [1.807, 2.05) is 12.1 Å². The zero-order valence-corrected chi connectivity index (χ0v) is 15.4. The lowest BCUT2D eigenvalue weighted by molar-refractivity contribution is -0.136. The van der Waals surface area contributed by atoms with Crippen molar-refractivity contribution >= 4 is 17.8 Å². The van der Waals surface area contributed by atoms with Crippen LogP contribution in [-0.4, -0.2) is 34.8 Å². The lowest BCUT2D eigenvalue weighted by Gasteiger charge is -2.28. The van der Waals surface area contributed by atoms with Crippen LogP contribution in [0.2, 0.25) is 0 Å². The van der Waals surface area contributed by atoms with Crippen LogP contribution in [-0.2, 0) is 16.0 Å². The van der Waals surface area contributed by atoms with E-state index in [4.69, 9.17) is 0 Å². The van der Waals surface area contributed by atoms with E-state index in [0.717, 1.165) is 55.4 Å². The lowest BCUT2D eigenvalue weighted by atomic mass is 9.87. The SMILES string of the molecule is O=C(CN1C(=O)NC(C2CC2)(C2CC2)C1=O)NC1CCCc2ccccc21. The predicted octanol–water partition coefficient (Wildman–Crippen LogP) is 2.29. The number of amides is 4. The molecule has 4 amide bonds. The molecule has 2 saturated carbocycles. The highest BCUT2D eigenvalue weighted by atomic mass is 16.2. The highest BCUT2D eigenvalue weighted by Gasteiger charge is 2.65. The first-order valence-corrected chi connectivity index (χ1v) is 10.1. The summed E-state index contributed by atoms with van der Waals surface area (Å²) in [6.07, 6.45) is 6.89. The van der Waals surface area contributed by atoms with E-state index in [1.165, 1.54) is 5.56 Å². The molecule has 1 aliphatic heterocycles. The maximum Gasteiger partial charge on any atom is 0.325 e. The van der Waals surface area contributed by atoms with E-state index in [9.17, 15) is 14.4 Å². The van der Waals surface area contributed by atoms with Crippen molar-refractivity contribution in [2.45, 2.75) is 56.5 Å². The van der Waals surface area contributed by atoms with Gasteiger partial charge in [0.1, 0.15) is 12.1 Å². The highest BCUT2D eigenvalue weighted by Crippen LogP contribution is 2.54. The largest absolute Gasteiger partial charge is 0.348 e. The van der Waals surface area contributed by atoms with Crippen LogP contribution < -0.4 is 10.6 Å². The van der Waals surface area contributed by atoms with Gasteiger partial charge in [0.15, 0.2) is 0 Å². The maximum absolute atomic E-state index is 13.1. The summed E-state index contributed by atoms with van der Waals surface area (Å²) >= 11 is 0. The third-order valence-electron chi connectivity index (χ3n) is 6.61. The van der Waals surface area contributed by atoms with Gasteiger partial charge in [-0.3, -0.25) is 14.5 Å². The molecule has 1 atom stereocenters. The Morgan fingerprint density at radius 3 is 2.52 bits per heavy atom. The van der Waals surface area contributed by atoms with Gasteiger partial charge in [0, 0.05) is 0 Å². The third-order valence-corrected chi connectivity index (χ3v) is 6.61. The van der Waals surface area contributed by atoms with Gasteiger partial charge in [-0.15, -0.1) is 0 Å². The first-order valence-electron chi connectivity index (χ1n) is 10.1. The average molecular weight is 367 g/mol. The fraction of sp³-hybridized carbons (Fsp3) is 0.571. The molecule has 1 heterocycles. The van der Waals surface area contributed by atoms with Crippen molar-refractivity contribution in [2.24, 2.45) is 11.8 Å². The van der Waals surface area contributed by atoms with Crippen LogP contribution in [0.15, 0.2) is 24.3 Å². The summed E-state index contributed by atoms with van der Waals surface area (Å²) in [5.74, 6) is 0.0544. The second-order valence-corrected chi connectivity index (χ2v) is 8.45. The molecule has 3 fully saturated rings. The molecule has 27 heavy (non-hydrogen) atoms. The second-order valence-electron chi connectivity index (χ2n) is 8.45. The Kier molecular flexibility index (Phi) is 3.78. The molecule has 1 aromatic rings. The van der Waals surface area contributed by atoms with Gasteiger partial charge in [-0.25, -0.2) is 4.79 Å². The normalized spacial score (nSPS) is 26.5. The molecule has 0 spiro atoms. The second kappa shape index (κ2) is 6.08. The summed E-state index contributed by atoms with van der Waals surface area (Å²) in [6.45, 7) is -0.190. The number of carbonyl (C=O) groups is 3. The molecule has 6 heteroatoms. The summed E-state index contributed by atoms with van der Waals surface area (Å²) in [6, 6.07) is 7.72. The lowest BCUT2D eigenvalue weighted by Crippen LogP contribution is -2.51. The number of nitrogens with zero attached hydrogens (tertiary/aromatic N) is 1. The van der Waals surface area contributed by atoms with E-state index in [0.29, 0.717) is 0 Å². The van der Waals surface area contributed by atoms with E-state index >= 15 is 0 Å². The quantitative estimate of drug-likeness (QED) is 0.784. The summed E-state index contributed by atoms with van der Waals surface area (Å²) in [5, 5.41) is 6.02. The van der Waals surface area contributed by atoms with Crippen LogP contribution in [0, 0.1) is 11.8 Å². The first kappa shape index (κ1) is 16.8. The van der Waals surface area contributed by atoms with Crippen molar-refractivity contribution in [1.29, 1.82) is 0 Å². The number of rotatable bonds is 5. The van der Waals surface area contributed by atoms with Crippen molar-refractivity contribution in [3.8, 4) is 0 Å². The van der Waals surface area contributed by atoms with Crippen LogP contribution in [0.5, 0.6) is 0 Å². The Morgan fingerprint density at radius 2 is 1.81 bits per heavy atom. The van der Waals surface area contributed by atoms with Crippen LogP contribution in [0.3, 0.4) is 0 Å². The Hall–Kier alpha value is -2.37. The molecule has 2 N–H and O–H groups in total. The highest BCUT2D eigenvalue weighted by molar-refractivity contribution is 6.09. The van der Waals surface area contributed by atoms with Crippen molar-refractivity contribution < 1.29 is 14.4 Å². The predicted molar refractivity (Wildman–Crippen MR) is 98.7 cm³/mol. The van der Waals surface area contributed by atoms with E-state index in [-0.39, 0.29) is 36.2 Å². The zero-order chi connectivity index (χ0) is 18.6. The number of hydrogen-bond donors (Lipinski definition) is 2. The minimum absolute atomic E-state index is 0.0418. The van der Waals surface area contributed by atoms with Gasteiger partial charge >= 0.3 is 6.03 Å². The van der Waals surface area contributed by atoms with Crippen LogP contribution >= 0.6 is 0 Å². The summed E-state index contributed by atoms with van der Waals surface area (Å²) in [4.78, 5) is 39.4. The van der Waals surface area contributed by atoms with Gasteiger partial charge in [0.25, 0.3) is 5.91 Å². The third kappa shape index (κ3) is 2.73. The fourth-order valence-corrected chi connectivity index (χ4v) is 5.01. The molecule has 142 valence electrons. The molecule has 0 radical (unpaired) electrons. The molecular weight excluding hydrogens is 342 g/mol. The summed E-state index contributed by atoms with van der Waals surface area (Å²) < 4.78 is 0. The van der Waals surface area contributed by atoms with Gasteiger partial charge in [-0.2, -0.15) is 0 Å². The van der Waals surface area contributed by atoms with Crippen molar-refractivity contribution in [1.82, 2.24) is 15.5 Å². The molecule has 5 rings (SSSR count). The van der Waals surface area contributed by atoms with E-state index < -0.39 is 11.6 Å². The smallest absolute Gasteiger partial charge is 0.325 e. The summed E-state index contributed by atoms with van der Waals surface area (Å²) in [7, 11) is 0. The Balaban J connectivity index is 1.29. The number of benzene rings is 1. The maximum atomic E-state index is 13.1. The molecule has 0 bridgehead atoms. The molecule has 1 saturated heterocycles. The number of aryl methyl sites for hydroxylation is 1. The standard InChI is InChI=1S/C21H25N3O3/c25-18(22-17-7-3-5-13-4-1-2-6-16(13)17)12-24-19(26)21(14-8-9-14,15-10-11-15)23-20(24)27/h1-2,4,6,14-15,17H,3,5,7-12H2,(H,22,25)(H,23,27). The monoisotopic (exact) mass is 367 g/mol. The fourth-order valence-electron chi connectivity index (χ4n) is 5.01. The molecule has 1 unspecified atom stereocenters. The molecule has 3 aliphatic carbocycles. The number of fused-ring (bicyclic) bond motifs is 1. The minimum atomic E-state index is -0.727. The van der Waals surface area contributed by atoms with Gasteiger partial charge in [-0.05, 0) is 67.9 Å². The number of hydrogen-bond acceptors (Lipinski definition) is 3. The topological polar surface area (TPSA) is 78.5 Å². The van der Waals surface area contributed by atoms with Crippen molar-refractivity contribution in [2.75, 3.05) is 6.54 Å². The Labute approximate surface area is 158 Å². The van der Waals surface area contributed by atoms with Crippen LogP contribution in [0.1, 0.15) is 55.7 Å². The van der Waals surface area contributed by atoms with Gasteiger partial charge in [-0.1, -0.05) is 24.3 Å². The Bertz CT molecular complexity index is 801. The average Bonchev–Trinajstić information content (AvgIpc) is 3.56.